The van der Waals surface area contributed by atoms with Crippen molar-refractivity contribution in [3.63, 3.8) is 0 Å². The molecule has 0 unspecified atom stereocenters. The van der Waals surface area contributed by atoms with Crippen molar-refractivity contribution < 1.29 is 9.18 Å². The van der Waals surface area contributed by atoms with Crippen LogP contribution in [0.4, 0.5) is 10.1 Å². The Morgan fingerprint density at radius 1 is 1.53 bits per heavy atom. The number of hydrogen-bond donors (Lipinski definition) is 2. The van der Waals surface area contributed by atoms with E-state index in [4.69, 9.17) is 5.73 Å². The molecule has 1 aromatic carbocycles. The normalized spacial score (nSPS) is 17.3. The van der Waals surface area contributed by atoms with Crippen molar-refractivity contribution in [3.05, 3.63) is 29.6 Å². The number of carbonyl (C=O) groups is 1. The summed E-state index contributed by atoms with van der Waals surface area (Å²) in [6.45, 7) is 1.42. The Labute approximate surface area is 87.5 Å². The van der Waals surface area contributed by atoms with Gasteiger partial charge in [-0.2, -0.15) is 0 Å². The smallest absolute Gasteiger partial charge is 0.221 e. The predicted molar refractivity (Wildman–Crippen MR) is 55.8 cm³/mol. The summed E-state index contributed by atoms with van der Waals surface area (Å²) < 4.78 is 13.1. The van der Waals surface area contributed by atoms with Crippen LogP contribution in [0.3, 0.4) is 0 Å². The summed E-state index contributed by atoms with van der Waals surface area (Å²) in [5, 5.41) is 2.66. The fraction of sp³-hybridized carbons (Fsp3) is 0.364. The predicted octanol–water partition coefficient (Wildman–Crippen LogP) is 1.73. The van der Waals surface area contributed by atoms with Crippen LogP contribution >= 0.6 is 0 Å². The van der Waals surface area contributed by atoms with Crippen molar-refractivity contribution in [2.45, 2.75) is 25.3 Å². The first kappa shape index (κ1) is 10.1. The quantitative estimate of drug-likeness (QED) is 0.777. The molecule has 1 fully saturated rings. The zero-order chi connectivity index (χ0) is 11.1. The Balaban J connectivity index is 2.40. The van der Waals surface area contributed by atoms with Crippen LogP contribution in [0.2, 0.25) is 0 Å². The molecule has 80 valence electrons. The van der Waals surface area contributed by atoms with Crippen LogP contribution in [0.5, 0.6) is 0 Å². The standard InChI is InChI=1S/C11H13FN2O/c1-7(15)14-10-3-2-8(12)6-9(10)11(13)4-5-11/h2-3,6H,4-5,13H2,1H3,(H,14,15). The lowest BCUT2D eigenvalue weighted by atomic mass is 10.0. The molecule has 4 heteroatoms. The minimum absolute atomic E-state index is 0.174. The van der Waals surface area contributed by atoms with Gasteiger partial charge < -0.3 is 11.1 Å². The molecule has 0 atom stereocenters. The van der Waals surface area contributed by atoms with Crippen LogP contribution < -0.4 is 11.1 Å². The molecule has 0 aliphatic heterocycles. The van der Waals surface area contributed by atoms with Crippen LogP contribution in [0.15, 0.2) is 18.2 Å². The lowest BCUT2D eigenvalue weighted by molar-refractivity contribution is -0.114. The average molecular weight is 208 g/mol. The van der Waals surface area contributed by atoms with E-state index in [1.165, 1.54) is 19.1 Å². The van der Waals surface area contributed by atoms with E-state index in [2.05, 4.69) is 5.32 Å². The Morgan fingerprint density at radius 3 is 2.73 bits per heavy atom. The lowest BCUT2D eigenvalue weighted by Crippen LogP contribution is -2.22. The fourth-order valence-corrected chi connectivity index (χ4v) is 1.63. The van der Waals surface area contributed by atoms with E-state index in [1.807, 2.05) is 0 Å². The van der Waals surface area contributed by atoms with Crippen molar-refractivity contribution in [1.29, 1.82) is 0 Å². The number of rotatable bonds is 2. The van der Waals surface area contributed by atoms with E-state index in [9.17, 15) is 9.18 Å². The molecule has 3 N–H and O–H groups in total. The van der Waals surface area contributed by atoms with Crippen molar-refractivity contribution in [2.24, 2.45) is 5.73 Å². The summed E-state index contributed by atoms with van der Waals surface area (Å²) >= 11 is 0. The summed E-state index contributed by atoms with van der Waals surface area (Å²) in [5.74, 6) is -0.497. The van der Waals surface area contributed by atoms with Crippen LogP contribution in [-0.4, -0.2) is 5.91 Å². The molecule has 0 spiro atoms. The van der Waals surface area contributed by atoms with E-state index in [0.29, 0.717) is 11.3 Å². The number of benzene rings is 1. The molecule has 1 aliphatic rings. The van der Waals surface area contributed by atoms with Gasteiger partial charge in [-0.05, 0) is 36.6 Å². The molecule has 0 bridgehead atoms. The van der Waals surface area contributed by atoms with Gasteiger partial charge in [-0.3, -0.25) is 4.79 Å². The summed E-state index contributed by atoms with van der Waals surface area (Å²) in [5.41, 5.74) is 6.86. The van der Waals surface area contributed by atoms with E-state index in [-0.39, 0.29) is 11.7 Å². The monoisotopic (exact) mass is 208 g/mol. The first-order valence-corrected chi connectivity index (χ1v) is 4.88. The topological polar surface area (TPSA) is 55.1 Å². The van der Waals surface area contributed by atoms with Gasteiger partial charge >= 0.3 is 0 Å². The first-order chi connectivity index (χ1) is 7.01. The third-order valence-electron chi connectivity index (χ3n) is 2.62. The molecule has 1 saturated carbocycles. The number of carbonyl (C=O) groups excluding carboxylic acids is 1. The second kappa shape index (κ2) is 3.31. The van der Waals surface area contributed by atoms with Gasteiger partial charge in [-0.15, -0.1) is 0 Å². The third-order valence-corrected chi connectivity index (χ3v) is 2.62. The average Bonchev–Trinajstić information content (AvgIpc) is 2.87. The molecule has 3 nitrogen and oxygen atoms in total. The van der Waals surface area contributed by atoms with Crippen LogP contribution in [-0.2, 0) is 10.3 Å². The van der Waals surface area contributed by atoms with Crippen LogP contribution in [0, 0.1) is 5.82 Å². The Kier molecular flexibility index (Phi) is 2.23. The number of halogens is 1. The third kappa shape index (κ3) is 1.99. The Bertz CT molecular complexity index is 413. The second-order valence-corrected chi connectivity index (χ2v) is 4.03. The molecular formula is C11H13FN2O. The highest BCUT2D eigenvalue weighted by molar-refractivity contribution is 5.89. The lowest BCUT2D eigenvalue weighted by Gasteiger charge is -2.15. The number of hydrogen-bond acceptors (Lipinski definition) is 2. The zero-order valence-electron chi connectivity index (χ0n) is 8.51. The highest BCUT2D eigenvalue weighted by Gasteiger charge is 2.42. The molecule has 1 aliphatic carbocycles. The summed E-state index contributed by atoms with van der Waals surface area (Å²) in [7, 11) is 0. The van der Waals surface area contributed by atoms with E-state index < -0.39 is 5.54 Å². The van der Waals surface area contributed by atoms with Gasteiger partial charge in [0.15, 0.2) is 0 Å². The maximum atomic E-state index is 13.1. The van der Waals surface area contributed by atoms with E-state index in [0.717, 1.165) is 12.8 Å². The maximum absolute atomic E-state index is 13.1. The molecule has 0 radical (unpaired) electrons. The first-order valence-electron chi connectivity index (χ1n) is 4.88. The van der Waals surface area contributed by atoms with Gasteiger partial charge in [-0.25, -0.2) is 4.39 Å². The molecule has 0 saturated heterocycles. The number of nitrogens with one attached hydrogen (secondary N) is 1. The molecule has 0 heterocycles. The van der Waals surface area contributed by atoms with Gasteiger partial charge in [-0.1, -0.05) is 0 Å². The fourth-order valence-electron chi connectivity index (χ4n) is 1.63. The SMILES string of the molecule is CC(=O)Nc1ccc(F)cc1C1(N)CC1. The highest BCUT2D eigenvalue weighted by Crippen LogP contribution is 2.45. The summed E-state index contributed by atoms with van der Waals surface area (Å²) in [6, 6.07) is 4.28. The molecular weight excluding hydrogens is 195 g/mol. The molecule has 0 aromatic heterocycles. The zero-order valence-corrected chi connectivity index (χ0v) is 8.51. The number of anilines is 1. The molecule has 15 heavy (non-hydrogen) atoms. The Hall–Kier alpha value is -1.42. The van der Waals surface area contributed by atoms with Gasteiger partial charge in [0.1, 0.15) is 5.82 Å². The van der Waals surface area contributed by atoms with Gasteiger partial charge in [0, 0.05) is 18.2 Å². The number of nitrogens with two attached hydrogens (primary N) is 1. The molecule has 1 amide bonds. The molecule has 2 rings (SSSR count). The minimum Gasteiger partial charge on any atom is -0.326 e. The van der Waals surface area contributed by atoms with Crippen molar-refractivity contribution in [2.75, 3.05) is 5.32 Å². The van der Waals surface area contributed by atoms with Crippen molar-refractivity contribution in [1.82, 2.24) is 0 Å². The van der Waals surface area contributed by atoms with Crippen LogP contribution in [0.1, 0.15) is 25.3 Å². The Morgan fingerprint density at radius 2 is 2.20 bits per heavy atom. The van der Waals surface area contributed by atoms with Gasteiger partial charge in [0.2, 0.25) is 5.91 Å². The van der Waals surface area contributed by atoms with Gasteiger partial charge in [0.05, 0.1) is 0 Å². The number of amides is 1. The van der Waals surface area contributed by atoms with E-state index in [1.54, 1.807) is 6.07 Å². The molecule has 1 aromatic rings. The maximum Gasteiger partial charge on any atom is 0.221 e. The van der Waals surface area contributed by atoms with E-state index >= 15 is 0 Å². The van der Waals surface area contributed by atoms with Crippen LogP contribution in [0.25, 0.3) is 0 Å². The van der Waals surface area contributed by atoms with Gasteiger partial charge in [0.25, 0.3) is 0 Å². The van der Waals surface area contributed by atoms with Crippen molar-refractivity contribution >= 4 is 11.6 Å². The summed E-state index contributed by atoms with van der Waals surface area (Å²) in [6.07, 6.45) is 1.67. The van der Waals surface area contributed by atoms with Crippen molar-refractivity contribution in [3.8, 4) is 0 Å². The summed E-state index contributed by atoms with van der Waals surface area (Å²) in [4.78, 5) is 11.0. The highest BCUT2D eigenvalue weighted by atomic mass is 19.1. The minimum atomic E-state index is -0.445. The largest absolute Gasteiger partial charge is 0.326 e. The second-order valence-electron chi connectivity index (χ2n) is 4.03.